The molecule has 0 N–H and O–H groups in total. The number of aryl methyl sites for hydroxylation is 1. The topological polar surface area (TPSA) is 23.6 Å². The Morgan fingerprint density at radius 2 is 1.80 bits per heavy atom. The highest BCUT2D eigenvalue weighted by Gasteiger charge is 2.26. The van der Waals surface area contributed by atoms with Crippen molar-refractivity contribution in [3.8, 4) is 0 Å². The van der Waals surface area contributed by atoms with Crippen molar-refractivity contribution in [3.63, 3.8) is 0 Å². The highest BCUT2D eigenvalue weighted by molar-refractivity contribution is 5.86. The predicted molar refractivity (Wildman–Crippen MR) is 83.1 cm³/mol. The highest BCUT2D eigenvalue weighted by atomic mass is 16.1. The van der Waals surface area contributed by atoms with Crippen molar-refractivity contribution in [2.45, 2.75) is 32.2 Å². The molecule has 3 heteroatoms. The third-order valence-corrected chi connectivity index (χ3v) is 4.25. The predicted octanol–water partition coefficient (Wildman–Crippen LogP) is 2.00. The second-order valence-electron chi connectivity index (χ2n) is 5.93. The summed E-state index contributed by atoms with van der Waals surface area (Å²) in [5.41, 5.74) is 2.46. The van der Waals surface area contributed by atoms with Crippen LogP contribution in [0, 0.1) is 0 Å². The molecule has 0 amide bonds. The van der Waals surface area contributed by atoms with Crippen LogP contribution in [0.15, 0.2) is 24.3 Å². The zero-order valence-electron chi connectivity index (χ0n) is 12.9. The van der Waals surface area contributed by atoms with Gasteiger partial charge in [-0.05, 0) is 51.2 Å². The Hall–Kier alpha value is -1.19. The molecule has 0 saturated carbocycles. The molecule has 0 aromatic heterocycles. The molecule has 0 spiro atoms. The van der Waals surface area contributed by atoms with E-state index in [0.717, 1.165) is 38.0 Å². The minimum absolute atomic E-state index is 0.0355. The van der Waals surface area contributed by atoms with Gasteiger partial charge in [-0.25, -0.2) is 0 Å². The van der Waals surface area contributed by atoms with Crippen molar-refractivity contribution in [3.05, 3.63) is 35.4 Å². The molecule has 1 aromatic rings. The summed E-state index contributed by atoms with van der Waals surface area (Å²) in [6, 6.07) is 8.49. The molecule has 1 aliphatic heterocycles. The van der Waals surface area contributed by atoms with Gasteiger partial charge in [0.1, 0.15) is 0 Å². The quantitative estimate of drug-likeness (QED) is 0.839. The van der Waals surface area contributed by atoms with Crippen LogP contribution < -0.4 is 0 Å². The Balaban J connectivity index is 2.01. The van der Waals surface area contributed by atoms with Gasteiger partial charge in [0.2, 0.25) is 0 Å². The van der Waals surface area contributed by atoms with Crippen molar-refractivity contribution < 1.29 is 4.79 Å². The maximum Gasteiger partial charge on any atom is 0.155 e. The third kappa shape index (κ3) is 3.90. The number of likely N-dealkylation sites (N-methyl/N-ethyl adjacent to an activating group) is 2. The molecule has 1 unspecified atom stereocenters. The van der Waals surface area contributed by atoms with E-state index < -0.39 is 0 Å². The van der Waals surface area contributed by atoms with E-state index in [9.17, 15) is 4.79 Å². The van der Waals surface area contributed by atoms with E-state index in [1.54, 1.807) is 0 Å². The number of hydrogen-bond donors (Lipinski definition) is 0. The molecule has 0 radical (unpaired) electrons. The van der Waals surface area contributed by atoms with Gasteiger partial charge in [-0.15, -0.1) is 0 Å². The fraction of sp³-hybridized carbons (Fsp3) is 0.588. The summed E-state index contributed by atoms with van der Waals surface area (Å²) in [5, 5.41) is 0. The molecule has 20 heavy (non-hydrogen) atoms. The summed E-state index contributed by atoms with van der Waals surface area (Å²) in [7, 11) is 4.18. The molecular formula is C17H26N2O. The molecule has 0 aliphatic carbocycles. The smallest absolute Gasteiger partial charge is 0.155 e. The lowest BCUT2D eigenvalue weighted by atomic mass is 10.0. The molecule has 1 aromatic carbocycles. The van der Waals surface area contributed by atoms with E-state index in [-0.39, 0.29) is 6.04 Å². The number of ketones is 1. The number of Topliss-reactive ketones (excluding diaryl/α,β-unsaturated/α-hetero) is 1. The lowest BCUT2D eigenvalue weighted by Crippen LogP contribution is -2.44. The normalized spacial score (nSPS) is 21.6. The van der Waals surface area contributed by atoms with Crippen molar-refractivity contribution >= 4 is 5.78 Å². The highest BCUT2D eigenvalue weighted by Crippen LogP contribution is 2.12. The summed E-state index contributed by atoms with van der Waals surface area (Å²) in [4.78, 5) is 17.0. The van der Waals surface area contributed by atoms with Crippen LogP contribution in [-0.2, 0) is 17.6 Å². The Labute approximate surface area is 122 Å². The Bertz CT molecular complexity index is 441. The third-order valence-electron chi connectivity index (χ3n) is 4.25. The monoisotopic (exact) mass is 274 g/mol. The van der Waals surface area contributed by atoms with Gasteiger partial charge in [-0.2, -0.15) is 0 Å². The van der Waals surface area contributed by atoms with Gasteiger partial charge in [0.15, 0.2) is 5.78 Å². The molecule has 1 atom stereocenters. The maximum atomic E-state index is 12.6. The molecule has 3 nitrogen and oxygen atoms in total. The molecule has 1 aliphatic rings. The molecule has 1 fully saturated rings. The first-order chi connectivity index (χ1) is 9.60. The lowest BCUT2D eigenvalue weighted by molar-refractivity contribution is -0.123. The van der Waals surface area contributed by atoms with Gasteiger partial charge < -0.3 is 4.90 Å². The first-order valence-corrected chi connectivity index (χ1v) is 7.59. The van der Waals surface area contributed by atoms with Crippen LogP contribution in [0.2, 0.25) is 0 Å². The largest absolute Gasteiger partial charge is 0.304 e. The zero-order chi connectivity index (χ0) is 14.5. The number of benzene rings is 1. The van der Waals surface area contributed by atoms with Crippen LogP contribution in [-0.4, -0.2) is 55.4 Å². The molecule has 110 valence electrons. The van der Waals surface area contributed by atoms with Gasteiger partial charge in [0.25, 0.3) is 0 Å². The number of hydrogen-bond acceptors (Lipinski definition) is 3. The summed E-state index contributed by atoms with van der Waals surface area (Å²) >= 11 is 0. The van der Waals surface area contributed by atoms with E-state index in [1.165, 1.54) is 5.56 Å². The Morgan fingerprint density at radius 1 is 1.15 bits per heavy atom. The van der Waals surface area contributed by atoms with Crippen molar-refractivity contribution in [2.75, 3.05) is 33.7 Å². The SMILES string of the molecule is CCc1ccc(CC(=O)C2CN(C)CCCN2C)cc1. The fourth-order valence-corrected chi connectivity index (χ4v) is 2.83. The number of carbonyl (C=O) groups excluding carboxylic acids is 1. The second-order valence-corrected chi connectivity index (χ2v) is 5.93. The molecule has 1 heterocycles. The van der Waals surface area contributed by atoms with Gasteiger partial charge in [-0.1, -0.05) is 31.2 Å². The number of rotatable bonds is 4. The van der Waals surface area contributed by atoms with Gasteiger partial charge in [-0.3, -0.25) is 9.69 Å². The van der Waals surface area contributed by atoms with Crippen LogP contribution in [0.5, 0.6) is 0 Å². The van der Waals surface area contributed by atoms with Gasteiger partial charge >= 0.3 is 0 Å². The van der Waals surface area contributed by atoms with E-state index in [0.29, 0.717) is 12.2 Å². The van der Waals surface area contributed by atoms with Crippen molar-refractivity contribution in [1.29, 1.82) is 0 Å². The van der Waals surface area contributed by atoms with E-state index in [1.807, 2.05) is 0 Å². The maximum absolute atomic E-state index is 12.6. The Morgan fingerprint density at radius 3 is 2.45 bits per heavy atom. The number of nitrogens with zero attached hydrogens (tertiary/aromatic N) is 2. The first-order valence-electron chi connectivity index (χ1n) is 7.59. The summed E-state index contributed by atoms with van der Waals surface area (Å²) in [6.07, 6.45) is 2.74. The number of carbonyl (C=O) groups is 1. The van der Waals surface area contributed by atoms with Crippen LogP contribution in [0.25, 0.3) is 0 Å². The van der Waals surface area contributed by atoms with Crippen LogP contribution in [0.3, 0.4) is 0 Å². The van der Waals surface area contributed by atoms with E-state index in [2.05, 4.69) is 55.1 Å². The second kappa shape index (κ2) is 7.00. The first kappa shape index (κ1) is 15.2. The van der Waals surface area contributed by atoms with E-state index >= 15 is 0 Å². The molecule has 2 rings (SSSR count). The summed E-state index contributed by atoms with van der Waals surface area (Å²) in [5.74, 6) is 0.338. The van der Waals surface area contributed by atoms with Crippen molar-refractivity contribution in [2.24, 2.45) is 0 Å². The Kier molecular flexibility index (Phi) is 5.32. The van der Waals surface area contributed by atoms with Crippen LogP contribution >= 0.6 is 0 Å². The summed E-state index contributed by atoms with van der Waals surface area (Å²) in [6.45, 7) is 5.09. The van der Waals surface area contributed by atoms with Gasteiger partial charge in [0.05, 0.1) is 6.04 Å². The minimum atomic E-state index is 0.0355. The summed E-state index contributed by atoms with van der Waals surface area (Å²) < 4.78 is 0. The van der Waals surface area contributed by atoms with Gasteiger partial charge in [0, 0.05) is 13.0 Å². The molecular weight excluding hydrogens is 248 g/mol. The van der Waals surface area contributed by atoms with E-state index in [4.69, 9.17) is 0 Å². The lowest BCUT2D eigenvalue weighted by Gasteiger charge is -2.26. The van der Waals surface area contributed by atoms with Crippen molar-refractivity contribution in [1.82, 2.24) is 9.80 Å². The zero-order valence-corrected chi connectivity index (χ0v) is 12.9. The minimum Gasteiger partial charge on any atom is -0.304 e. The molecule has 1 saturated heterocycles. The fourth-order valence-electron chi connectivity index (χ4n) is 2.83. The standard InChI is InChI=1S/C17H26N2O/c1-4-14-6-8-15(9-7-14)12-17(20)16-13-18(2)10-5-11-19(16)3/h6-9,16H,4-5,10-13H2,1-3H3. The molecule has 0 bridgehead atoms. The average molecular weight is 274 g/mol. The van der Waals surface area contributed by atoms with Crippen LogP contribution in [0.4, 0.5) is 0 Å². The average Bonchev–Trinajstić information content (AvgIpc) is 2.61. The van der Waals surface area contributed by atoms with Crippen LogP contribution in [0.1, 0.15) is 24.5 Å².